The zero-order valence-electron chi connectivity index (χ0n) is 10.5. The Bertz CT molecular complexity index is 459. The number of hydrogen-bond donors (Lipinski definition) is 1. The van der Waals surface area contributed by atoms with E-state index >= 15 is 0 Å². The lowest BCUT2D eigenvalue weighted by Gasteiger charge is -2.17. The van der Waals surface area contributed by atoms with Crippen LogP contribution in [-0.2, 0) is 6.42 Å². The lowest BCUT2D eigenvalue weighted by atomic mass is 9.93. The second-order valence-corrected chi connectivity index (χ2v) is 5.13. The van der Waals surface area contributed by atoms with Crippen LogP contribution in [0.25, 0.3) is 0 Å². The van der Waals surface area contributed by atoms with Crippen molar-refractivity contribution in [2.45, 2.75) is 31.2 Å². The molecule has 1 unspecified atom stereocenters. The molecule has 1 aromatic heterocycles. The van der Waals surface area contributed by atoms with E-state index in [2.05, 4.69) is 41.7 Å². The van der Waals surface area contributed by atoms with Crippen LogP contribution in [0.15, 0.2) is 53.3 Å². The first-order valence-electron chi connectivity index (χ1n) is 6.71. The molecule has 0 saturated heterocycles. The van der Waals surface area contributed by atoms with Gasteiger partial charge in [-0.05, 0) is 36.5 Å². The third-order valence-corrected chi connectivity index (χ3v) is 3.56. The zero-order chi connectivity index (χ0) is 12.2. The monoisotopic (exact) mass is 241 g/mol. The van der Waals surface area contributed by atoms with E-state index in [9.17, 15) is 0 Å². The normalized spacial score (nSPS) is 16.7. The van der Waals surface area contributed by atoms with Gasteiger partial charge in [0.15, 0.2) is 0 Å². The summed E-state index contributed by atoms with van der Waals surface area (Å²) in [7, 11) is 0. The molecule has 0 bridgehead atoms. The van der Waals surface area contributed by atoms with Gasteiger partial charge in [0.1, 0.15) is 0 Å². The van der Waals surface area contributed by atoms with Crippen LogP contribution in [0.5, 0.6) is 0 Å². The topological polar surface area (TPSA) is 25.2 Å². The van der Waals surface area contributed by atoms with Gasteiger partial charge in [-0.3, -0.25) is 0 Å². The number of benzene rings is 1. The molecule has 1 fully saturated rings. The Morgan fingerprint density at radius 1 is 1.17 bits per heavy atom. The highest BCUT2D eigenvalue weighted by molar-refractivity contribution is 5.23. The van der Waals surface area contributed by atoms with Gasteiger partial charge in [0.05, 0.1) is 12.5 Å². The molecule has 1 aliphatic rings. The highest BCUT2D eigenvalue weighted by atomic mass is 16.3. The van der Waals surface area contributed by atoms with Crippen molar-refractivity contribution in [3.8, 4) is 0 Å². The Balaban J connectivity index is 1.70. The summed E-state index contributed by atoms with van der Waals surface area (Å²) < 4.78 is 5.17. The van der Waals surface area contributed by atoms with Crippen molar-refractivity contribution in [3.05, 3.63) is 60.1 Å². The summed E-state index contributed by atoms with van der Waals surface area (Å²) in [4.78, 5) is 0. The van der Waals surface area contributed by atoms with Crippen LogP contribution < -0.4 is 5.32 Å². The number of nitrogens with one attached hydrogen (secondary N) is 1. The molecule has 0 spiro atoms. The van der Waals surface area contributed by atoms with Crippen molar-refractivity contribution in [1.82, 2.24) is 5.32 Å². The molecule has 1 saturated carbocycles. The Morgan fingerprint density at radius 3 is 2.67 bits per heavy atom. The molecule has 1 heterocycles. The largest absolute Gasteiger partial charge is 0.472 e. The minimum atomic E-state index is 0.532. The van der Waals surface area contributed by atoms with Crippen LogP contribution >= 0.6 is 0 Å². The second kappa shape index (κ2) is 5.40. The van der Waals surface area contributed by atoms with Crippen molar-refractivity contribution in [2.75, 3.05) is 6.54 Å². The van der Waals surface area contributed by atoms with E-state index in [4.69, 9.17) is 4.42 Å². The summed E-state index contributed by atoms with van der Waals surface area (Å²) in [5, 5.41) is 3.64. The zero-order valence-corrected chi connectivity index (χ0v) is 10.5. The first-order chi connectivity index (χ1) is 8.92. The van der Waals surface area contributed by atoms with Crippen molar-refractivity contribution in [1.29, 1.82) is 0 Å². The third-order valence-electron chi connectivity index (χ3n) is 3.56. The van der Waals surface area contributed by atoms with Gasteiger partial charge in [0.25, 0.3) is 0 Å². The summed E-state index contributed by atoms with van der Waals surface area (Å²) >= 11 is 0. The molecule has 94 valence electrons. The highest BCUT2D eigenvalue weighted by Crippen LogP contribution is 2.24. The number of rotatable bonds is 6. The minimum absolute atomic E-state index is 0.532. The van der Waals surface area contributed by atoms with Gasteiger partial charge >= 0.3 is 0 Å². The van der Waals surface area contributed by atoms with E-state index in [0.29, 0.717) is 5.92 Å². The van der Waals surface area contributed by atoms with Gasteiger partial charge < -0.3 is 9.73 Å². The fraction of sp³-hybridized carbons (Fsp3) is 0.375. The van der Waals surface area contributed by atoms with Gasteiger partial charge in [0, 0.05) is 18.5 Å². The van der Waals surface area contributed by atoms with Crippen LogP contribution in [0, 0.1) is 0 Å². The molecule has 18 heavy (non-hydrogen) atoms. The molecule has 1 aromatic carbocycles. The SMILES string of the molecule is c1ccc(C(CNC2CC2)Cc2ccoc2)cc1. The molecular formula is C16H19NO. The van der Waals surface area contributed by atoms with Gasteiger partial charge in [-0.1, -0.05) is 30.3 Å². The Hall–Kier alpha value is -1.54. The van der Waals surface area contributed by atoms with Crippen molar-refractivity contribution in [3.63, 3.8) is 0 Å². The van der Waals surface area contributed by atoms with Gasteiger partial charge in [0.2, 0.25) is 0 Å². The standard InChI is InChI=1S/C16H19NO/c1-2-4-14(5-3-1)15(11-17-16-6-7-16)10-13-8-9-18-12-13/h1-5,8-9,12,15-17H,6-7,10-11H2. The number of furan rings is 1. The molecule has 0 radical (unpaired) electrons. The fourth-order valence-corrected chi connectivity index (χ4v) is 2.32. The van der Waals surface area contributed by atoms with E-state index in [-0.39, 0.29) is 0 Å². The van der Waals surface area contributed by atoms with Gasteiger partial charge in [-0.2, -0.15) is 0 Å². The minimum Gasteiger partial charge on any atom is -0.472 e. The van der Waals surface area contributed by atoms with Gasteiger partial charge in [-0.15, -0.1) is 0 Å². The van der Waals surface area contributed by atoms with Crippen molar-refractivity contribution < 1.29 is 4.42 Å². The smallest absolute Gasteiger partial charge is 0.0934 e. The Morgan fingerprint density at radius 2 is 2.00 bits per heavy atom. The van der Waals surface area contributed by atoms with Crippen LogP contribution in [0.2, 0.25) is 0 Å². The maximum Gasteiger partial charge on any atom is 0.0934 e. The van der Waals surface area contributed by atoms with E-state index in [1.807, 2.05) is 6.26 Å². The van der Waals surface area contributed by atoms with Gasteiger partial charge in [-0.25, -0.2) is 0 Å². The van der Waals surface area contributed by atoms with Crippen molar-refractivity contribution >= 4 is 0 Å². The molecular weight excluding hydrogens is 222 g/mol. The van der Waals surface area contributed by atoms with Crippen LogP contribution in [-0.4, -0.2) is 12.6 Å². The summed E-state index contributed by atoms with van der Waals surface area (Å²) in [5.74, 6) is 0.532. The Kier molecular flexibility index (Phi) is 3.47. The van der Waals surface area contributed by atoms with E-state index in [1.54, 1.807) is 6.26 Å². The third kappa shape index (κ3) is 3.02. The lowest BCUT2D eigenvalue weighted by Crippen LogP contribution is -2.24. The molecule has 2 heteroatoms. The highest BCUT2D eigenvalue weighted by Gasteiger charge is 2.22. The number of hydrogen-bond acceptors (Lipinski definition) is 2. The average molecular weight is 241 g/mol. The molecule has 1 atom stereocenters. The summed E-state index contributed by atoms with van der Waals surface area (Å²) in [6.45, 7) is 1.06. The first kappa shape index (κ1) is 11.5. The first-order valence-corrected chi connectivity index (χ1v) is 6.71. The lowest BCUT2D eigenvalue weighted by molar-refractivity contribution is 0.551. The summed E-state index contributed by atoms with van der Waals surface area (Å²) in [6, 6.07) is 13.6. The van der Waals surface area contributed by atoms with Crippen LogP contribution in [0.3, 0.4) is 0 Å². The maximum absolute atomic E-state index is 5.17. The molecule has 0 amide bonds. The summed E-state index contributed by atoms with van der Waals surface area (Å²) in [6.07, 6.45) is 7.33. The molecule has 1 N–H and O–H groups in total. The molecule has 0 aliphatic heterocycles. The van der Waals surface area contributed by atoms with Crippen LogP contribution in [0.4, 0.5) is 0 Å². The van der Waals surface area contributed by atoms with Crippen LogP contribution in [0.1, 0.15) is 29.9 Å². The predicted octanol–water partition coefficient (Wildman–Crippen LogP) is 3.36. The molecule has 1 aliphatic carbocycles. The molecule has 2 nitrogen and oxygen atoms in total. The second-order valence-electron chi connectivity index (χ2n) is 5.13. The van der Waals surface area contributed by atoms with E-state index in [0.717, 1.165) is 19.0 Å². The average Bonchev–Trinajstić information content (AvgIpc) is 3.11. The van der Waals surface area contributed by atoms with E-state index in [1.165, 1.54) is 24.0 Å². The quantitative estimate of drug-likeness (QED) is 0.839. The Labute approximate surface area is 108 Å². The molecule has 3 rings (SSSR count). The maximum atomic E-state index is 5.17. The predicted molar refractivity (Wildman–Crippen MR) is 72.6 cm³/mol. The van der Waals surface area contributed by atoms with E-state index < -0.39 is 0 Å². The molecule has 2 aromatic rings. The fourth-order valence-electron chi connectivity index (χ4n) is 2.32. The summed E-state index contributed by atoms with van der Waals surface area (Å²) in [5.41, 5.74) is 2.69. The van der Waals surface area contributed by atoms with Crippen molar-refractivity contribution in [2.24, 2.45) is 0 Å².